The van der Waals surface area contributed by atoms with E-state index in [1.807, 2.05) is 24.3 Å². The van der Waals surface area contributed by atoms with Crippen molar-refractivity contribution in [3.05, 3.63) is 41.5 Å². The van der Waals surface area contributed by atoms with Crippen molar-refractivity contribution >= 4 is 12.0 Å². The topological polar surface area (TPSA) is 63.3 Å². The van der Waals surface area contributed by atoms with Crippen molar-refractivity contribution in [2.45, 2.75) is 6.42 Å². The fraction of sp³-hybridized carbons (Fsp3) is 0.154. The average Bonchev–Trinajstić information content (AvgIpc) is 2.28. The fourth-order valence-corrected chi connectivity index (χ4v) is 1.08. The Labute approximate surface area is 94.6 Å². The largest absolute Gasteiger partial charge is 0.478 e. The van der Waals surface area contributed by atoms with Crippen LogP contribution >= 0.6 is 0 Å². The number of carbonyl (C=O) groups is 1. The summed E-state index contributed by atoms with van der Waals surface area (Å²) in [4.78, 5) is 10.3. The highest BCUT2D eigenvalue weighted by Crippen LogP contribution is 2.05. The monoisotopic (exact) mass is 215 g/mol. The van der Waals surface area contributed by atoms with E-state index in [-0.39, 0.29) is 0 Å². The van der Waals surface area contributed by atoms with Crippen LogP contribution in [0.5, 0.6) is 0 Å². The lowest BCUT2D eigenvalue weighted by molar-refractivity contribution is -0.131. The predicted octanol–water partition coefficient (Wildman–Crippen LogP) is 1.48. The summed E-state index contributed by atoms with van der Waals surface area (Å²) < 4.78 is 0. The number of carboxylic acid groups (broad SMARTS) is 1. The standard InChI is InChI=1S/C13H13NO2/c14-10-2-1-3-11-4-6-12(7-5-11)8-9-13(15)16/h4-9H,2,10,14H2,(H,15,16)/b9-8+. The maximum Gasteiger partial charge on any atom is 0.328 e. The molecular weight excluding hydrogens is 202 g/mol. The van der Waals surface area contributed by atoms with Crippen LogP contribution in [0, 0.1) is 11.8 Å². The number of hydrogen-bond donors (Lipinski definition) is 2. The van der Waals surface area contributed by atoms with Gasteiger partial charge in [0.2, 0.25) is 0 Å². The Morgan fingerprint density at radius 2 is 2.06 bits per heavy atom. The van der Waals surface area contributed by atoms with Crippen LogP contribution in [-0.4, -0.2) is 17.6 Å². The van der Waals surface area contributed by atoms with Gasteiger partial charge in [-0.3, -0.25) is 0 Å². The highest BCUT2D eigenvalue weighted by atomic mass is 16.4. The number of benzene rings is 1. The Balaban J connectivity index is 2.69. The number of hydrogen-bond acceptors (Lipinski definition) is 2. The molecule has 0 aliphatic rings. The Morgan fingerprint density at radius 3 is 2.62 bits per heavy atom. The van der Waals surface area contributed by atoms with E-state index in [1.54, 1.807) is 6.08 Å². The highest BCUT2D eigenvalue weighted by Gasteiger charge is 1.90. The van der Waals surface area contributed by atoms with E-state index < -0.39 is 5.97 Å². The third-order valence-corrected chi connectivity index (χ3v) is 1.83. The quantitative estimate of drug-likeness (QED) is 0.593. The molecule has 3 nitrogen and oxygen atoms in total. The van der Waals surface area contributed by atoms with Crippen LogP contribution in [0.1, 0.15) is 17.5 Å². The second-order valence-electron chi connectivity index (χ2n) is 3.13. The molecule has 0 heterocycles. The SMILES string of the molecule is NCCC#Cc1ccc(/C=C/C(=O)O)cc1. The molecule has 0 radical (unpaired) electrons. The zero-order valence-corrected chi connectivity index (χ0v) is 8.81. The van der Waals surface area contributed by atoms with Gasteiger partial charge in [-0.25, -0.2) is 4.79 Å². The van der Waals surface area contributed by atoms with E-state index in [2.05, 4.69) is 11.8 Å². The molecule has 3 heteroatoms. The maximum absolute atomic E-state index is 10.3. The Bertz CT molecular complexity index is 435. The van der Waals surface area contributed by atoms with Gasteiger partial charge in [-0.05, 0) is 23.8 Å². The molecule has 0 saturated carbocycles. The second-order valence-corrected chi connectivity index (χ2v) is 3.13. The highest BCUT2D eigenvalue weighted by molar-refractivity contribution is 5.85. The zero-order valence-electron chi connectivity index (χ0n) is 8.81. The number of aliphatic carboxylic acids is 1. The predicted molar refractivity (Wildman–Crippen MR) is 63.7 cm³/mol. The molecule has 1 aromatic rings. The van der Waals surface area contributed by atoms with Crippen molar-refractivity contribution in [2.24, 2.45) is 5.73 Å². The van der Waals surface area contributed by atoms with Gasteiger partial charge in [0.1, 0.15) is 0 Å². The molecule has 82 valence electrons. The fourth-order valence-electron chi connectivity index (χ4n) is 1.08. The van der Waals surface area contributed by atoms with Crippen LogP contribution in [0.15, 0.2) is 30.3 Å². The molecule has 0 atom stereocenters. The summed E-state index contributed by atoms with van der Waals surface area (Å²) >= 11 is 0. The van der Waals surface area contributed by atoms with Gasteiger partial charge >= 0.3 is 5.97 Å². The minimum atomic E-state index is -0.952. The third kappa shape index (κ3) is 4.45. The molecule has 0 aliphatic carbocycles. The van der Waals surface area contributed by atoms with Gasteiger partial charge in [-0.15, -0.1) is 0 Å². The van der Waals surface area contributed by atoms with Gasteiger partial charge in [0.05, 0.1) is 0 Å². The van der Waals surface area contributed by atoms with E-state index in [0.29, 0.717) is 13.0 Å². The molecule has 0 unspecified atom stereocenters. The van der Waals surface area contributed by atoms with E-state index in [4.69, 9.17) is 10.8 Å². The number of carboxylic acids is 1. The van der Waals surface area contributed by atoms with E-state index in [9.17, 15) is 4.79 Å². The van der Waals surface area contributed by atoms with Crippen LogP contribution in [0.2, 0.25) is 0 Å². The summed E-state index contributed by atoms with van der Waals surface area (Å²) in [5, 5.41) is 8.45. The first-order chi connectivity index (χ1) is 7.72. The molecule has 0 spiro atoms. The molecule has 0 fully saturated rings. The van der Waals surface area contributed by atoms with E-state index >= 15 is 0 Å². The van der Waals surface area contributed by atoms with Crippen molar-refractivity contribution < 1.29 is 9.90 Å². The lowest BCUT2D eigenvalue weighted by Gasteiger charge is -1.93. The van der Waals surface area contributed by atoms with Crippen molar-refractivity contribution in [1.29, 1.82) is 0 Å². The first-order valence-corrected chi connectivity index (χ1v) is 4.92. The van der Waals surface area contributed by atoms with Crippen LogP contribution < -0.4 is 5.73 Å². The van der Waals surface area contributed by atoms with Crippen molar-refractivity contribution in [3.63, 3.8) is 0 Å². The zero-order chi connectivity index (χ0) is 11.8. The smallest absolute Gasteiger partial charge is 0.328 e. The lowest BCUT2D eigenvalue weighted by Crippen LogP contribution is -1.95. The minimum Gasteiger partial charge on any atom is -0.478 e. The molecular formula is C13H13NO2. The van der Waals surface area contributed by atoms with Gasteiger partial charge in [0, 0.05) is 24.6 Å². The van der Waals surface area contributed by atoms with Crippen molar-refractivity contribution in [2.75, 3.05) is 6.54 Å². The van der Waals surface area contributed by atoms with Crippen LogP contribution in [0.3, 0.4) is 0 Å². The molecule has 16 heavy (non-hydrogen) atoms. The summed E-state index contributed by atoms with van der Waals surface area (Å²) in [6.45, 7) is 0.562. The molecule has 0 amide bonds. The molecule has 1 aromatic carbocycles. The first-order valence-electron chi connectivity index (χ1n) is 4.92. The van der Waals surface area contributed by atoms with E-state index in [0.717, 1.165) is 17.2 Å². The van der Waals surface area contributed by atoms with Gasteiger partial charge < -0.3 is 10.8 Å². The van der Waals surface area contributed by atoms with Crippen LogP contribution in [0.4, 0.5) is 0 Å². The number of nitrogens with two attached hydrogens (primary N) is 1. The lowest BCUT2D eigenvalue weighted by atomic mass is 10.1. The van der Waals surface area contributed by atoms with Gasteiger partial charge in [-0.2, -0.15) is 0 Å². The molecule has 0 aliphatic heterocycles. The maximum atomic E-state index is 10.3. The normalized spacial score (nSPS) is 9.81. The van der Waals surface area contributed by atoms with Crippen molar-refractivity contribution in [1.82, 2.24) is 0 Å². The summed E-state index contributed by atoms with van der Waals surface area (Å²) in [7, 11) is 0. The molecule has 3 N–H and O–H groups in total. The Hall–Kier alpha value is -2.05. The Kier molecular flexibility index (Phi) is 4.84. The minimum absolute atomic E-state index is 0.562. The molecule has 0 aromatic heterocycles. The van der Waals surface area contributed by atoms with Gasteiger partial charge in [0.25, 0.3) is 0 Å². The molecule has 1 rings (SSSR count). The molecule has 0 bridgehead atoms. The van der Waals surface area contributed by atoms with E-state index in [1.165, 1.54) is 0 Å². The Morgan fingerprint density at radius 1 is 1.38 bits per heavy atom. The van der Waals surface area contributed by atoms with Gasteiger partial charge in [0.15, 0.2) is 0 Å². The first kappa shape index (κ1) is 12.0. The second kappa shape index (κ2) is 6.44. The summed E-state index contributed by atoms with van der Waals surface area (Å²) in [6.07, 6.45) is 3.33. The third-order valence-electron chi connectivity index (χ3n) is 1.83. The van der Waals surface area contributed by atoms with Crippen molar-refractivity contribution in [3.8, 4) is 11.8 Å². The average molecular weight is 215 g/mol. The summed E-state index contributed by atoms with van der Waals surface area (Å²) in [5.74, 6) is 4.95. The van der Waals surface area contributed by atoms with Crippen LogP contribution in [0.25, 0.3) is 6.08 Å². The number of rotatable bonds is 3. The molecule has 0 saturated heterocycles. The van der Waals surface area contributed by atoms with Crippen LogP contribution in [-0.2, 0) is 4.79 Å². The van der Waals surface area contributed by atoms with Gasteiger partial charge in [-0.1, -0.05) is 24.0 Å². The summed E-state index contributed by atoms with van der Waals surface area (Å²) in [5.41, 5.74) is 7.06. The summed E-state index contributed by atoms with van der Waals surface area (Å²) in [6, 6.07) is 7.36.